The summed E-state index contributed by atoms with van der Waals surface area (Å²) in [5, 5.41) is 24.6. The third kappa shape index (κ3) is 5.81. The number of H-pyrrole nitrogens is 2. The number of aliphatic imine (C=N–C) groups is 1. The predicted molar refractivity (Wildman–Crippen MR) is 132 cm³/mol. The first kappa shape index (κ1) is 25.5. The number of carbonyl (C=O) groups excluding carboxylic acids is 2. The molecular formula is C23H20FN5O7S. The zero-order valence-corrected chi connectivity index (χ0v) is 19.9. The fourth-order valence-corrected chi connectivity index (χ4v) is 4.54. The van der Waals surface area contributed by atoms with Gasteiger partial charge in [0.1, 0.15) is 22.7 Å². The molecule has 12 nitrogen and oxygen atoms in total. The molecular weight excluding hydrogens is 509 g/mol. The van der Waals surface area contributed by atoms with Crippen molar-refractivity contribution in [1.29, 1.82) is 0 Å². The van der Waals surface area contributed by atoms with Crippen molar-refractivity contribution < 1.29 is 28.9 Å². The Balaban J connectivity index is 1.63. The van der Waals surface area contributed by atoms with Gasteiger partial charge in [-0.05, 0) is 42.0 Å². The number of halogens is 1. The summed E-state index contributed by atoms with van der Waals surface area (Å²) in [5.41, 5.74) is -1.55. The van der Waals surface area contributed by atoms with Crippen LogP contribution in [0.2, 0.25) is 0 Å². The number of nitrogens with zero attached hydrogens (tertiary/aromatic N) is 1. The van der Waals surface area contributed by atoms with Crippen LogP contribution < -0.4 is 26.6 Å². The minimum Gasteiger partial charge on any atom is -0.504 e. The summed E-state index contributed by atoms with van der Waals surface area (Å²) in [4.78, 5) is 57.6. The molecule has 0 radical (unpaired) electrons. The van der Waals surface area contributed by atoms with Gasteiger partial charge in [0.15, 0.2) is 16.7 Å². The molecule has 1 saturated heterocycles. The van der Waals surface area contributed by atoms with E-state index < -0.39 is 46.1 Å². The third-order valence-corrected chi connectivity index (χ3v) is 6.37. The van der Waals surface area contributed by atoms with Gasteiger partial charge in [-0.2, -0.15) is 0 Å². The molecule has 37 heavy (non-hydrogen) atoms. The molecule has 3 aromatic rings. The summed E-state index contributed by atoms with van der Waals surface area (Å²) >= 11 is 0.928. The van der Waals surface area contributed by atoms with E-state index in [1.54, 1.807) is 0 Å². The molecule has 192 valence electrons. The third-order valence-electron chi connectivity index (χ3n) is 5.27. The fourth-order valence-electron chi connectivity index (χ4n) is 3.54. The van der Waals surface area contributed by atoms with E-state index >= 15 is 0 Å². The van der Waals surface area contributed by atoms with Crippen LogP contribution in [0, 0.1) is 5.82 Å². The molecule has 0 saturated carbocycles. The van der Waals surface area contributed by atoms with Gasteiger partial charge < -0.3 is 25.6 Å². The molecule has 0 aliphatic carbocycles. The Hall–Kier alpha value is -4.59. The number of anilines is 1. The molecule has 2 amide bonds. The SMILES string of the molecule is COc1cc([C@H](N=C2NC(=O)[C@H](CC(=O)Nc3ccc(F)cc3)S2)c2c(O)[nH]c(=O)[nH]c2=O)ccc1O. The summed E-state index contributed by atoms with van der Waals surface area (Å²) in [7, 11) is 1.32. The molecule has 0 unspecified atom stereocenters. The first-order valence-electron chi connectivity index (χ1n) is 10.7. The van der Waals surface area contributed by atoms with Crippen LogP contribution in [-0.4, -0.2) is 49.5 Å². The number of nitrogens with one attached hydrogen (secondary N) is 4. The number of phenols is 1. The van der Waals surface area contributed by atoms with E-state index in [0.717, 1.165) is 11.8 Å². The normalized spacial score (nSPS) is 16.9. The Labute approximate surface area is 211 Å². The Morgan fingerprint density at radius 1 is 1.16 bits per heavy atom. The maximum atomic E-state index is 13.1. The number of amides is 2. The lowest BCUT2D eigenvalue weighted by molar-refractivity contribution is -0.122. The standard InChI is InChI=1S/C23H20FN5O7S/c1-36-14-8-10(2-7-13(14)30)18(17-20(33)27-22(35)28-21(17)34)26-23-29-19(32)15(37-23)9-16(31)25-12-5-3-11(24)4-6-12/h2-8,15,18,30H,9H2,1H3,(H,25,31)(H,26,29,32)(H3,27,28,33,34,35)/t15-,18-/m0/s1. The minimum atomic E-state index is -1.25. The van der Waals surface area contributed by atoms with Crippen molar-refractivity contribution in [2.24, 2.45) is 4.99 Å². The van der Waals surface area contributed by atoms with Gasteiger partial charge in [0.25, 0.3) is 5.56 Å². The Morgan fingerprint density at radius 3 is 2.57 bits per heavy atom. The number of phenolic OH excluding ortho intramolecular Hbond substituents is 1. The van der Waals surface area contributed by atoms with E-state index in [2.05, 4.69) is 20.6 Å². The number of rotatable bonds is 7. The molecule has 0 spiro atoms. The lowest BCUT2D eigenvalue weighted by Gasteiger charge is -2.16. The smallest absolute Gasteiger partial charge is 0.328 e. The highest BCUT2D eigenvalue weighted by Gasteiger charge is 2.34. The average molecular weight is 530 g/mol. The molecule has 2 heterocycles. The number of hydrogen-bond donors (Lipinski definition) is 6. The van der Waals surface area contributed by atoms with Gasteiger partial charge in [-0.25, -0.2) is 14.2 Å². The maximum Gasteiger partial charge on any atom is 0.328 e. The molecule has 1 fully saturated rings. The Kier molecular flexibility index (Phi) is 7.29. The van der Waals surface area contributed by atoms with Gasteiger partial charge in [0, 0.05) is 12.1 Å². The zero-order valence-electron chi connectivity index (χ0n) is 19.1. The highest BCUT2D eigenvalue weighted by atomic mass is 32.2. The second-order valence-electron chi connectivity index (χ2n) is 7.79. The van der Waals surface area contributed by atoms with Gasteiger partial charge in [-0.3, -0.25) is 24.4 Å². The fraction of sp³-hybridized carbons (Fsp3) is 0.174. The van der Waals surface area contributed by atoms with Gasteiger partial charge in [-0.15, -0.1) is 0 Å². The van der Waals surface area contributed by atoms with Crippen molar-refractivity contribution in [3.8, 4) is 17.4 Å². The van der Waals surface area contributed by atoms with Crippen molar-refractivity contribution >= 4 is 34.4 Å². The largest absolute Gasteiger partial charge is 0.504 e. The predicted octanol–water partition coefficient (Wildman–Crippen LogP) is 1.33. The van der Waals surface area contributed by atoms with E-state index in [1.165, 1.54) is 49.6 Å². The quantitative estimate of drug-likeness (QED) is 0.264. The van der Waals surface area contributed by atoms with E-state index in [4.69, 9.17) is 4.74 Å². The van der Waals surface area contributed by atoms with E-state index in [0.29, 0.717) is 5.69 Å². The lowest BCUT2D eigenvalue weighted by atomic mass is 10.0. The van der Waals surface area contributed by atoms with E-state index in [-0.39, 0.29) is 34.2 Å². The van der Waals surface area contributed by atoms with Gasteiger partial charge in [0.05, 0.1) is 7.11 Å². The lowest BCUT2D eigenvalue weighted by Crippen LogP contribution is -2.29. The van der Waals surface area contributed by atoms with Crippen LogP contribution in [0.25, 0.3) is 0 Å². The van der Waals surface area contributed by atoms with Gasteiger partial charge >= 0.3 is 5.69 Å². The number of ether oxygens (including phenoxy) is 1. The van der Waals surface area contributed by atoms with Crippen molar-refractivity contribution in [3.63, 3.8) is 0 Å². The molecule has 1 aliphatic heterocycles. The number of methoxy groups -OCH3 is 1. The molecule has 0 bridgehead atoms. The van der Waals surface area contributed by atoms with Crippen LogP contribution >= 0.6 is 11.8 Å². The van der Waals surface area contributed by atoms with Crippen LogP contribution in [0.1, 0.15) is 23.6 Å². The number of aromatic nitrogens is 2. The monoisotopic (exact) mass is 529 g/mol. The molecule has 4 rings (SSSR count). The molecule has 1 aliphatic rings. The summed E-state index contributed by atoms with van der Waals surface area (Å²) in [6, 6.07) is 7.98. The summed E-state index contributed by atoms with van der Waals surface area (Å²) in [6.45, 7) is 0. The highest BCUT2D eigenvalue weighted by molar-refractivity contribution is 8.15. The van der Waals surface area contributed by atoms with Gasteiger partial charge in [-0.1, -0.05) is 17.8 Å². The second kappa shape index (κ2) is 10.6. The maximum absolute atomic E-state index is 13.1. The number of thioether (sulfide) groups is 1. The number of aromatic amines is 2. The van der Waals surface area contributed by atoms with Crippen molar-refractivity contribution in [1.82, 2.24) is 15.3 Å². The van der Waals surface area contributed by atoms with E-state index in [9.17, 15) is 33.8 Å². The minimum absolute atomic E-state index is 0.0478. The summed E-state index contributed by atoms with van der Waals surface area (Å²) in [6.07, 6.45) is -0.227. The number of hydrogen-bond acceptors (Lipinski definition) is 9. The second-order valence-corrected chi connectivity index (χ2v) is 8.98. The van der Waals surface area contributed by atoms with Crippen LogP contribution in [0.15, 0.2) is 57.0 Å². The number of aromatic hydroxyl groups is 2. The van der Waals surface area contributed by atoms with Crippen molar-refractivity contribution in [2.45, 2.75) is 17.7 Å². The number of amidine groups is 1. The average Bonchev–Trinajstić information content (AvgIpc) is 3.18. The van der Waals surface area contributed by atoms with Crippen LogP contribution in [-0.2, 0) is 9.59 Å². The highest BCUT2D eigenvalue weighted by Crippen LogP contribution is 2.36. The molecule has 2 aromatic carbocycles. The van der Waals surface area contributed by atoms with Crippen LogP contribution in [0.5, 0.6) is 17.4 Å². The topological polar surface area (TPSA) is 186 Å². The number of carbonyl (C=O) groups is 2. The van der Waals surface area contributed by atoms with Crippen molar-refractivity contribution in [3.05, 3.63) is 80.2 Å². The molecule has 2 atom stereocenters. The summed E-state index contributed by atoms with van der Waals surface area (Å²) in [5.74, 6) is -2.33. The first-order valence-corrected chi connectivity index (χ1v) is 11.6. The van der Waals surface area contributed by atoms with Gasteiger partial charge in [0.2, 0.25) is 17.7 Å². The molecule has 6 N–H and O–H groups in total. The summed E-state index contributed by atoms with van der Waals surface area (Å²) < 4.78 is 18.2. The zero-order chi connectivity index (χ0) is 26.7. The Morgan fingerprint density at radius 2 is 1.89 bits per heavy atom. The molecule has 14 heteroatoms. The number of benzene rings is 2. The van der Waals surface area contributed by atoms with E-state index in [1.807, 2.05) is 4.98 Å². The Bertz CT molecular complexity index is 1500. The first-order chi connectivity index (χ1) is 17.6. The van der Waals surface area contributed by atoms with Crippen LogP contribution in [0.4, 0.5) is 10.1 Å². The molecule has 1 aromatic heterocycles. The van der Waals surface area contributed by atoms with Crippen LogP contribution in [0.3, 0.4) is 0 Å². The van der Waals surface area contributed by atoms with Crippen molar-refractivity contribution in [2.75, 3.05) is 12.4 Å².